The van der Waals surface area contributed by atoms with E-state index in [1.54, 1.807) is 6.92 Å². The summed E-state index contributed by atoms with van der Waals surface area (Å²) in [6, 6.07) is 2.07. The predicted molar refractivity (Wildman–Crippen MR) is 68.4 cm³/mol. The summed E-state index contributed by atoms with van der Waals surface area (Å²) >= 11 is 0. The summed E-state index contributed by atoms with van der Waals surface area (Å²) in [5.74, 6) is 1.09. The van der Waals surface area contributed by atoms with Gasteiger partial charge in [-0.05, 0) is 48.5 Å². The number of fused-ring (bicyclic) bond motifs is 2. The Bertz CT molecular complexity index is 438. The maximum absolute atomic E-state index is 11.8. The Hall–Kier alpha value is -1.30. The largest absolute Gasteiger partial charge is 0.462 e. The van der Waals surface area contributed by atoms with Gasteiger partial charge in [0.1, 0.15) is 11.6 Å². The van der Waals surface area contributed by atoms with E-state index < -0.39 is 5.97 Å². The van der Waals surface area contributed by atoms with Crippen molar-refractivity contribution in [3.63, 3.8) is 0 Å². The highest BCUT2D eigenvalue weighted by Gasteiger charge is 2.53. The number of hydrogen-bond donors (Lipinski definition) is 0. The number of hydrogen-bond acceptors (Lipinski definition) is 3. The van der Waals surface area contributed by atoms with Gasteiger partial charge in [-0.15, -0.1) is 0 Å². The number of nitrogens with zero attached hydrogens (tertiary/aromatic N) is 1. The Morgan fingerprint density at radius 2 is 2.22 bits per heavy atom. The zero-order valence-corrected chi connectivity index (χ0v) is 11.6. The molecule has 3 heteroatoms. The molecule has 0 amide bonds. The van der Waals surface area contributed by atoms with Gasteiger partial charge in [0, 0.05) is 0 Å². The molecule has 2 bridgehead atoms. The molecule has 3 nitrogen and oxygen atoms in total. The molecule has 0 heterocycles. The first kappa shape index (κ1) is 13.1. The van der Waals surface area contributed by atoms with Gasteiger partial charge in [0.05, 0.1) is 6.61 Å². The maximum atomic E-state index is 11.8. The van der Waals surface area contributed by atoms with Crippen molar-refractivity contribution in [1.82, 2.24) is 0 Å². The van der Waals surface area contributed by atoms with Crippen molar-refractivity contribution >= 4 is 5.97 Å². The number of ether oxygens (including phenoxy) is 1. The first-order chi connectivity index (χ1) is 8.43. The molecule has 98 valence electrons. The summed E-state index contributed by atoms with van der Waals surface area (Å²) < 4.78 is 4.98. The van der Waals surface area contributed by atoms with Gasteiger partial charge in [-0.3, -0.25) is 0 Å². The van der Waals surface area contributed by atoms with Crippen molar-refractivity contribution < 1.29 is 9.53 Å². The van der Waals surface area contributed by atoms with Crippen molar-refractivity contribution in [2.24, 2.45) is 23.2 Å². The Labute approximate surface area is 109 Å². The van der Waals surface area contributed by atoms with Crippen LogP contribution in [0.25, 0.3) is 0 Å². The molecule has 2 fully saturated rings. The lowest BCUT2D eigenvalue weighted by atomic mass is 9.67. The smallest absolute Gasteiger partial charge is 0.348 e. The fourth-order valence-electron chi connectivity index (χ4n) is 3.65. The number of carbonyl (C=O) groups is 1. The van der Waals surface area contributed by atoms with E-state index in [1.165, 1.54) is 0 Å². The predicted octanol–water partition coefficient (Wildman–Crippen LogP) is 3.07. The van der Waals surface area contributed by atoms with Crippen LogP contribution in [0.1, 0.15) is 40.5 Å². The highest BCUT2D eigenvalue weighted by atomic mass is 16.5. The lowest BCUT2D eigenvalue weighted by Gasteiger charge is -2.37. The lowest BCUT2D eigenvalue weighted by molar-refractivity contribution is -0.138. The monoisotopic (exact) mass is 247 g/mol. The molecule has 0 saturated heterocycles. The Morgan fingerprint density at radius 3 is 2.67 bits per heavy atom. The van der Waals surface area contributed by atoms with Gasteiger partial charge < -0.3 is 4.74 Å². The van der Waals surface area contributed by atoms with Crippen molar-refractivity contribution in [3.05, 3.63) is 11.1 Å². The zero-order valence-electron chi connectivity index (χ0n) is 11.6. The van der Waals surface area contributed by atoms with Crippen LogP contribution < -0.4 is 0 Å². The van der Waals surface area contributed by atoms with Gasteiger partial charge in [-0.1, -0.05) is 20.8 Å². The second-order valence-electron chi connectivity index (χ2n) is 6.09. The highest BCUT2D eigenvalue weighted by molar-refractivity contribution is 5.94. The van der Waals surface area contributed by atoms with E-state index in [1.807, 2.05) is 0 Å². The average molecular weight is 247 g/mol. The molecule has 0 spiro atoms. The molecule has 2 saturated carbocycles. The standard InChI is InChI=1S/C15H21NO2/c1-5-18-14(17)13(8-16)12-7-10-6-11(12)9(2)15(10,3)4/h9-11H,5-7H2,1-4H3/b13-12+/t9-,10-,11+/m1/s1. The summed E-state index contributed by atoms with van der Waals surface area (Å²) in [6.45, 7) is 8.94. The van der Waals surface area contributed by atoms with Crippen LogP contribution in [0.4, 0.5) is 0 Å². The molecule has 0 aromatic carbocycles. The molecular formula is C15H21NO2. The van der Waals surface area contributed by atoms with Crippen LogP contribution in [0, 0.1) is 34.5 Å². The van der Waals surface area contributed by atoms with Gasteiger partial charge in [-0.2, -0.15) is 5.26 Å². The van der Waals surface area contributed by atoms with Crippen molar-refractivity contribution in [1.29, 1.82) is 5.26 Å². The Balaban J connectivity index is 2.32. The fourth-order valence-corrected chi connectivity index (χ4v) is 3.65. The first-order valence-electron chi connectivity index (χ1n) is 6.73. The molecule has 0 unspecified atom stereocenters. The van der Waals surface area contributed by atoms with Crippen LogP contribution in [-0.2, 0) is 9.53 Å². The number of rotatable bonds is 2. The van der Waals surface area contributed by atoms with Gasteiger partial charge in [0.25, 0.3) is 0 Å². The number of esters is 1. The summed E-state index contributed by atoms with van der Waals surface area (Å²) in [4.78, 5) is 11.8. The van der Waals surface area contributed by atoms with Gasteiger partial charge in [-0.25, -0.2) is 4.79 Å². The van der Waals surface area contributed by atoms with Crippen LogP contribution >= 0.6 is 0 Å². The Kier molecular flexibility index (Phi) is 3.23. The van der Waals surface area contributed by atoms with Crippen molar-refractivity contribution in [2.75, 3.05) is 6.61 Å². The highest BCUT2D eigenvalue weighted by Crippen LogP contribution is 2.61. The van der Waals surface area contributed by atoms with Crippen LogP contribution in [0.5, 0.6) is 0 Å². The number of carbonyl (C=O) groups excluding carboxylic acids is 1. The number of allylic oxidation sites excluding steroid dienone is 1. The lowest BCUT2D eigenvalue weighted by Crippen LogP contribution is -2.30. The summed E-state index contributed by atoms with van der Waals surface area (Å²) in [5, 5.41) is 9.22. The quantitative estimate of drug-likeness (QED) is 0.428. The number of nitriles is 1. The first-order valence-corrected chi connectivity index (χ1v) is 6.73. The summed E-state index contributed by atoms with van der Waals surface area (Å²) in [6.07, 6.45) is 2.01. The van der Waals surface area contributed by atoms with E-state index in [-0.39, 0.29) is 5.57 Å². The van der Waals surface area contributed by atoms with Crippen LogP contribution in [0.3, 0.4) is 0 Å². The molecule has 18 heavy (non-hydrogen) atoms. The molecule has 0 radical (unpaired) electrons. The molecule has 2 aliphatic carbocycles. The third-order valence-corrected chi connectivity index (χ3v) is 5.19. The second-order valence-corrected chi connectivity index (χ2v) is 6.09. The molecule has 0 aromatic rings. The summed E-state index contributed by atoms with van der Waals surface area (Å²) in [5.41, 5.74) is 1.64. The SMILES string of the molecule is CCOC(=O)/C(C#N)=C1\C[C@H]2C[C@H]1[C@@H](C)C2(C)C. The zero-order chi connectivity index (χ0) is 13.5. The summed E-state index contributed by atoms with van der Waals surface area (Å²) in [7, 11) is 0. The molecule has 2 aliphatic rings. The second kappa shape index (κ2) is 4.42. The van der Waals surface area contributed by atoms with E-state index in [2.05, 4.69) is 26.8 Å². The molecule has 2 rings (SSSR count). The molecule has 3 atom stereocenters. The average Bonchev–Trinajstić information content (AvgIpc) is 2.81. The minimum absolute atomic E-state index is 0.270. The maximum Gasteiger partial charge on any atom is 0.348 e. The van der Waals surface area contributed by atoms with E-state index >= 15 is 0 Å². The van der Waals surface area contributed by atoms with Crippen LogP contribution in [0.15, 0.2) is 11.1 Å². The van der Waals surface area contributed by atoms with Crippen molar-refractivity contribution in [2.45, 2.75) is 40.5 Å². The topological polar surface area (TPSA) is 50.1 Å². The van der Waals surface area contributed by atoms with Gasteiger partial charge >= 0.3 is 5.97 Å². The molecular weight excluding hydrogens is 226 g/mol. The minimum Gasteiger partial charge on any atom is -0.462 e. The van der Waals surface area contributed by atoms with Crippen LogP contribution in [-0.4, -0.2) is 12.6 Å². The van der Waals surface area contributed by atoms with Gasteiger partial charge in [0.2, 0.25) is 0 Å². The third-order valence-electron chi connectivity index (χ3n) is 5.19. The fraction of sp³-hybridized carbons (Fsp3) is 0.733. The van der Waals surface area contributed by atoms with E-state index in [0.29, 0.717) is 29.8 Å². The Morgan fingerprint density at radius 1 is 1.56 bits per heavy atom. The van der Waals surface area contributed by atoms with Gasteiger partial charge in [0.15, 0.2) is 0 Å². The van der Waals surface area contributed by atoms with E-state index in [0.717, 1.165) is 18.4 Å². The minimum atomic E-state index is -0.437. The molecule has 0 aliphatic heterocycles. The molecule has 0 aromatic heterocycles. The van der Waals surface area contributed by atoms with E-state index in [4.69, 9.17) is 4.74 Å². The normalized spacial score (nSPS) is 35.2. The van der Waals surface area contributed by atoms with Crippen LogP contribution in [0.2, 0.25) is 0 Å². The third kappa shape index (κ3) is 1.75. The van der Waals surface area contributed by atoms with Crippen molar-refractivity contribution in [3.8, 4) is 6.07 Å². The van der Waals surface area contributed by atoms with E-state index in [9.17, 15) is 10.1 Å². The molecule has 0 N–H and O–H groups in total.